The van der Waals surface area contributed by atoms with Crippen molar-refractivity contribution in [1.29, 1.82) is 0 Å². The van der Waals surface area contributed by atoms with Crippen molar-refractivity contribution in [1.82, 2.24) is 15.0 Å². The van der Waals surface area contributed by atoms with E-state index in [4.69, 9.17) is 10.3 Å². The minimum atomic E-state index is 0.270. The molecule has 0 saturated carbocycles. The summed E-state index contributed by atoms with van der Waals surface area (Å²) in [5, 5.41) is 3.96. The Morgan fingerprint density at radius 2 is 2.38 bits per heavy atom. The Morgan fingerprint density at radius 1 is 1.56 bits per heavy atom. The van der Waals surface area contributed by atoms with Crippen LogP contribution in [-0.2, 0) is 13.0 Å². The van der Waals surface area contributed by atoms with Crippen LogP contribution in [0.3, 0.4) is 0 Å². The van der Waals surface area contributed by atoms with Crippen molar-refractivity contribution >= 4 is 0 Å². The van der Waals surface area contributed by atoms with Gasteiger partial charge in [0.05, 0.1) is 6.54 Å². The minimum Gasteiger partial charge on any atom is -0.339 e. The number of hydrogen-bond donors (Lipinski definition) is 1. The van der Waals surface area contributed by atoms with E-state index in [9.17, 15) is 0 Å². The fourth-order valence-corrected chi connectivity index (χ4v) is 2.01. The molecule has 0 spiro atoms. The molecule has 0 aliphatic carbocycles. The molecular weight excluding hydrogens is 204 g/mol. The predicted octanol–water partition coefficient (Wildman–Crippen LogP) is 0.801. The number of aromatic nitrogens is 2. The van der Waals surface area contributed by atoms with Gasteiger partial charge in [-0.15, -0.1) is 0 Å². The van der Waals surface area contributed by atoms with Crippen LogP contribution in [0.1, 0.15) is 32.0 Å². The quantitative estimate of drug-likeness (QED) is 0.822. The van der Waals surface area contributed by atoms with Gasteiger partial charge in [-0.25, -0.2) is 0 Å². The summed E-state index contributed by atoms with van der Waals surface area (Å²) in [5.41, 5.74) is 6.05. The summed E-state index contributed by atoms with van der Waals surface area (Å²) < 4.78 is 5.08. The lowest BCUT2D eigenvalue weighted by Gasteiger charge is -2.34. The Labute approximate surface area is 96.0 Å². The molecule has 2 rings (SSSR count). The number of hydrogen-bond acceptors (Lipinski definition) is 5. The minimum absolute atomic E-state index is 0.270. The molecule has 0 radical (unpaired) electrons. The van der Waals surface area contributed by atoms with E-state index >= 15 is 0 Å². The van der Waals surface area contributed by atoms with E-state index in [0.717, 1.165) is 38.3 Å². The zero-order valence-corrected chi connectivity index (χ0v) is 10.0. The summed E-state index contributed by atoms with van der Waals surface area (Å²) in [7, 11) is 0. The molecule has 2 atom stereocenters. The van der Waals surface area contributed by atoms with Crippen LogP contribution in [0, 0.1) is 5.92 Å². The lowest BCUT2D eigenvalue weighted by atomic mass is 9.94. The lowest BCUT2D eigenvalue weighted by Crippen LogP contribution is -2.47. The molecular formula is C11H20N4O. The van der Waals surface area contributed by atoms with Gasteiger partial charge < -0.3 is 10.3 Å². The predicted molar refractivity (Wildman–Crippen MR) is 60.7 cm³/mol. The number of likely N-dealkylation sites (tertiary alicyclic amines) is 1. The van der Waals surface area contributed by atoms with Gasteiger partial charge >= 0.3 is 0 Å². The molecule has 0 aromatic carbocycles. The zero-order chi connectivity index (χ0) is 11.5. The Kier molecular flexibility index (Phi) is 3.56. The first-order chi connectivity index (χ1) is 7.69. The topological polar surface area (TPSA) is 68.2 Å². The third kappa shape index (κ3) is 2.59. The first kappa shape index (κ1) is 11.5. The fraction of sp³-hybridized carbons (Fsp3) is 0.818. The molecule has 2 heterocycles. The van der Waals surface area contributed by atoms with Crippen LogP contribution in [0.4, 0.5) is 0 Å². The zero-order valence-electron chi connectivity index (χ0n) is 10.0. The van der Waals surface area contributed by atoms with Gasteiger partial charge in [0.15, 0.2) is 5.82 Å². The largest absolute Gasteiger partial charge is 0.339 e. The third-order valence-electron chi connectivity index (χ3n) is 3.28. The third-order valence-corrected chi connectivity index (χ3v) is 3.28. The monoisotopic (exact) mass is 224 g/mol. The van der Waals surface area contributed by atoms with Crippen LogP contribution >= 0.6 is 0 Å². The standard InChI is InChI=1S/C11H20N4O/c1-3-11-13-10(14-16-11)7-15-5-4-8(2)9(12)6-15/h8-9H,3-7,12H2,1-2H3. The van der Waals surface area contributed by atoms with Crippen molar-refractivity contribution in [2.45, 2.75) is 39.3 Å². The molecule has 2 unspecified atom stereocenters. The molecule has 1 aliphatic heterocycles. The summed E-state index contributed by atoms with van der Waals surface area (Å²) in [6.07, 6.45) is 1.95. The van der Waals surface area contributed by atoms with Crippen LogP contribution in [-0.4, -0.2) is 34.2 Å². The van der Waals surface area contributed by atoms with Crippen LogP contribution in [0.5, 0.6) is 0 Å². The van der Waals surface area contributed by atoms with Crippen molar-refractivity contribution in [3.63, 3.8) is 0 Å². The van der Waals surface area contributed by atoms with Crippen LogP contribution in [0.25, 0.3) is 0 Å². The normalized spacial score (nSPS) is 27.2. The molecule has 1 aromatic heterocycles. The van der Waals surface area contributed by atoms with Crippen LogP contribution in [0.2, 0.25) is 0 Å². The maximum atomic E-state index is 6.05. The molecule has 1 saturated heterocycles. The first-order valence-corrected chi connectivity index (χ1v) is 5.98. The summed E-state index contributed by atoms with van der Waals surface area (Å²) in [6, 6.07) is 0.270. The highest BCUT2D eigenvalue weighted by Crippen LogP contribution is 2.16. The van der Waals surface area contributed by atoms with Gasteiger partial charge in [0.25, 0.3) is 0 Å². The number of rotatable bonds is 3. The van der Waals surface area contributed by atoms with Crippen molar-refractivity contribution < 1.29 is 4.52 Å². The van der Waals surface area contributed by atoms with Crippen molar-refractivity contribution in [2.75, 3.05) is 13.1 Å². The van der Waals surface area contributed by atoms with Gasteiger partial charge in [-0.1, -0.05) is 19.0 Å². The van der Waals surface area contributed by atoms with E-state index in [1.807, 2.05) is 6.92 Å². The highest BCUT2D eigenvalue weighted by atomic mass is 16.5. The second kappa shape index (κ2) is 4.93. The van der Waals surface area contributed by atoms with E-state index in [0.29, 0.717) is 11.8 Å². The molecule has 2 N–H and O–H groups in total. The van der Waals surface area contributed by atoms with Crippen LogP contribution in [0.15, 0.2) is 4.52 Å². The van der Waals surface area contributed by atoms with Gasteiger partial charge in [0.1, 0.15) is 0 Å². The molecule has 16 heavy (non-hydrogen) atoms. The number of nitrogens with zero attached hydrogens (tertiary/aromatic N) is 3. The summed E-state index contributed by atoms with van der Waals surface area (Å²) in [4.78, 5) is 6.61. The van der Waals surface area contributed by atoms with E-state index in [-0.39, 0.29) is 6.04 Å². The van der Waals surface area contributed by atoms with E-state index in [1.54, 1.807) is 0 Å². The second-order valence-corrected chi connectivity index (χ2v) is 4.62. The molecule has 1 fully saturated rings. The average Bonchev–Trinajstić information content (AvgIpc) is 2.71. The first-order valence-electron chi connectivity index (χ1n) is 5.98. The average molecular weight is 224 g/mol. The molecule has 1 aromatic rings. The highest BCUT2D eigenvalue weighted by molar-refractivity contribution is 4.88. The maximum Gasteiger partial charge on any atom is 0.226 e. The van der Waals surface area contributed by atoms with Gasteiger partial charge in [-0.3, -0.25) is 4.90 Å². The van der Waals surface area contributed by atoms with E-state index in [2.05, 4.69) is 22.0 Å². The fourth-order valence-electron chi connectivity index (χ4n) is 2.01. The Morgan fingerprint density at radius 3 is 3.00 bits per heavy atom. The summed E-state index contributed by atoms with van der Waals surface area (Å²) in [5.74, 6) is 2.11. The van der Waals surface area contributed by atoms with Crippen LogP contribution < -0.4 is 5.73 Å². The maximum absolute atomic E-state index is 6.05. The van der Waals surface area contributed by atoms with Gasteiger partial charge in [0, 0.05) is 19.0 Å². The second-order valence-electron chi connectivity index (χ2n) is 4.62. The van der Waals surface area contributed by atoms with Crippen molar-refractivity contribution in [3.8, 4) is 0 Å². The Bertz CT molecular complexity index is 338. The number of aryl methyl sites for hydroxylation is 1. The summed E-state index contributed by atoms with van der Waals surface area (Å²) in [6.45, 7) is 6.98. The highest BCUT2D eigenvalue weighted by Gasteiger charge is 2.23. The smallest absolute Gasteiger partial charge is 0.226 e. The molecule has 5 nitrogen and oxygen atoms in total. The SMILES string of the molecule is CCc1nc(CN2CCC(C)C(N)C2)no1. The summed E-state index contributed by atoms with van der Waals surface area (Å²) >= 11 is 0. The molecule has 5 heteroatoms. The van der Waals surface area contributed by atoms with Crippen molar-refractivity contribution in [3.05, 3.63) is 11.7 Å². The Balaban J connectivity index is 1.90. The molecule has 1 aliphatic rings. The van der Waals surface area contributed by atoms with Gasteiger partial charge in [-0.2, -0.15) is 4.98 Å². The lowest BCUT2D eigenvalue weighted by molar-refractivity contribution is 0.157. The molecule has 90 valence electrons. The van der Waals surface area contributed by atoms with Gasteiger partial charge in [-0.05, 0) is 18.9 Å². The number of nitrogens with two attached hydrogens (primary N) is 1. The van der Waals surface area contributed by atoms with Crippen molar-refractivity contribution in [2.24, 2.45) is 11.7 Å². The molecule has 0 amide bonds. The number of piperidine rings is 1. The van der Waals surface area contributed by atoms with E-state index in [1.165, 1.54) is 0 Å². The molecule has 0 bridgehead atoms. The van der Waals surface area contributed by atoms with E-state index < -0.39 is 0 Å². The Hall–Kier alpha value is -0.940. The van der Waals surface area contributed by atoms with Gasteiger partial charge in [0.2, 0.25) is 5.89 Å².